The SMILES string of the molecule is CCOc1ccc(N2C(N)=NC(N)=NC23CCCCC3)cc1F. The Labute approximate surface area is 135 Å². The van der Waals surface area contributed by atoms with Gasteiger partial charge in [-0.25, -0.2) is 9.38 Å². The number of aliphatic imine (C=N–C) groups is 2. The van der Waals surface area contributed by atoms with Crippen LogP contribution in [-0.2, 0) is 0 Å². The standard InChI is InChI=1S/C16H22FN5O/c1-2-23-13-7-6-11(10-12(13)17)22-15(19)20-14(18)21-16(22)8-4-3-5-9-16/h6-7,10H,2-5,8-9H2,1H3,(H4,18,19,20,21). The van der Waals surface area contributed by atoms with Crippen LogP contribution < -0.4 is 21.1 Å². The van der Waals surface area contributed by atoms with E-state index >= 15 is 0 Å². The van der Waals surface area contributed by atoms with Crippen molar-refractivity contribution in [2.45, 2.75) is 44.7 Å². The zero-order chi connectivity index (χ0) is 16.4. The molecule has 1 aliphatic carbocycles. The van der Waals surface area contributed by atoms with Crippen LogP contribution in [0.3, 0.4) is 0 Å². The summed E-state index contributed by atoms with van der Waals surface area (Å²) in [6.07, 6.45) is 4.84. The van der Waals surface area contributed by atoms with Gasteiger partial charge < -0.3 is 16.2 Å². The van der Waals surface area contributed by atoms with Crippen molar-refractivity contribution in [3.8, 4) is 5.75 Å². The fraction of sp³-hybridized carbons (Fsp3) is 0.500. The molecule has 0 bridgehead atoms. The number of halogens is 1. The number of ether oxygens (including phenoxy) is 1. The Kier molecular flexibility index (Phi) is 4.11. The summed E-state index contributed by atoms with van der Waals surface area (Å²) >= 11 is 0. The van der Waals surface area contributed by atoms with Crippen LogP contribution in [-0.4, -0.2) is 24.2 Å². The largest absolute Gasteiger partial charge is 0.491 e. The van der Waals surface area contributed by atoms with Gasteiger partial charge in [0.1, 0.15) is 5.66 Å². The average molecular weight is 319 g/mol. The second-order valence-electron chi connectivity index (χ2n) is 5.87. The third-order valence-electron chi connectivity index (χ3n) is 4.32. The van der Waals surface area contributed by atoms with Crippen LogP contribution in [0.1, 0.15) is 39.0 Å². The summed E-state index contributed by atoms with van der Waals surface area (Å²) in [5.41, 5.74) is 12.0. The van der Waals surface area contributed by atoms with Gasteiger partial charge in [0.25, 0.3) is 0 Å². The first-order chi connectivity index (χ1) is 11.1. The van der Waals surface area contributed by atoms with Crippen LogP contribution in [0.15, 0.2) is 28.2 Å². The molecule has 0 amide bonds. The first-order valence-electron chi connectivity index (χ1n) is 7.98. The Morgan fingerprint density at radius 3 is 2.65 bits per heavy atom. The summed E-state index contributed by atoms with van der Waals surface area (Å²) in [5, 5.41) is 0. The molecular weight excluding hydrogens is 297 g/mol. The van der Waals surface area contributed by atoms with E-state index in [1.807, 2.05) is 6.92 Å². The number of hydrogen-bond donors (Lipinski definition) is 2. The first-order valence-corrected chi connectivity index (χ1v) is 7.98. The minimum atomic E-state index is -0.562. The number of benzene rings is 1. The number of anilines is 1. The molecule has 0 saturated heterocycles. The van der Waals surface area contributed by atoms with Crippen LogP contribution in [0.25, 0.3) is 0 Å². The molecule has 2 aliphatic rings. The quantitative estimate of drug-likeness (QED) is 0.895. The van der Waals surface area contributed by atoms with Gasteiger partial charge in [0.15, 0.2) is 11.6 Å². The maximum atomic E-state index is 14.3. The lowest BCUT2D eigenvalue weighted by atomic mass is 9.87. The molecule has 0 aromatic heterocycles. The molecule has 1 spiro atoms. The lowest BCUT2D eigenvalue weighted by Gasteiger charge is -2.45. The number of hydrogen-bond acceptors (Lipinski definition) is 6. The highest BCUT2D eigenvalue weighted by molar-refractivity contribution is 6.05. The van der Waals surface area contributed by atoms with Crippen molar-refractivity contribution < 1.29 is 9.13 Å². The molecule has 124 valence electrons. The normalized spacial score (nSPS) is 20.2. The molecule has 3 rings (SSSR count). The molecule has 1 heterocycles. The fourth-order valence-corrected chi connectivity index (χ4v) is 3.40. The van der Waals surface area contributed by atoms with E-state index in [4.69, 9.17) is 16.2 Å². The van der Waals surface area contributed by atoms with Gasteiger partial charge in [-0.1, -0.05) is 6.42 Å². The molecule has 0 atom stereocenters. The maximum absolute atomic E-state index is 14.3. The van der Waals surface area contributed by atoms with E-state index < -0.39 is 11.5 Å². The Hall–Kier alpha value is -2.31. The van der Waals surface area contributed by atoms with Crippen LogP contribution in [0.5, 0.6) is 5.75 Å². The zero-order valence-electron chi connectivity index (χ0n) is 13.3. The maximum Gasteiger partial charge on any atom is 0.220 e. The number of guanidine groups is 2. The number of rotatable bonds is 3. The molecule has 1 aliphatic heterocycles. The molecule has 23 heavy (non-hydrogen) atoms. The third-order valence-corrected chi connectivity index (χ3v) is 4.32. The van der Waals surface area contributed by atoms with E-state index in [0.717, 1.165) is 32.1 Å². The second-order valence-corrected chi connectivity index (χ2v) is 5.87. The summed E-state index contributed by atoms with van der Waals surface area (Å²) in [5.74, 6) is 0.241. The predicted molar refractivity (Wildman–Crippen MR) is 89.1 cm³/mol. The van der Waals surface area contributed by atoms with Gasteiger partial charge in [-0.2, -0.15) is 4.99 Å². The van der Waals surface area contributed by atoms with Gasteiger partial charge in [-0.05, 0) is 44.7 Å². The molecule has 0 radical (unpaired) electrons. The van der Waals surface area contributed by atoms with E-state index in [0.29, 0.717) is 12.3 Å². The van der Waals surface area contributed by atoms with E-state index in [9.17, 15) is 4.39 Å². The van der Waals surface area contributed by atoms with Gasteiger partial charge in [-0.15, -0.1) is 0 Å². The molecule has 4 N–H and O–H groups in total. The fourth-order valence-electron chi connectivity index (χ4n) is 3.40. The molecule has 1 fully saturated rings. The second kappa shape index (κ2) is 6.06. The lowest BCUT2D eigenvalue weighted by Crippen LogP contribution is -2.58. The van der Waals surface area contributed by atoms with E-state index in [2.05, 4.69) is 9.98 Å². The lowest BCUT2D eigenvalue weighted by molar-refractivity contribution is 0.304. The minimum Gasteiger partial charge on any atom is -0.491 e. The summed E-state index contributed by atoms with van der Waals surface area (Å²) in [7, 11) is 0. The summed E-state index contributed by atoms with van der Waals surface area (Å²) in [6.45, 7) is 2.23. The van der Waals surface area contributed by atoms with Gasteiger partial charge in [0, 0.05) is 11.8 Å². The molecule has 1 aromatic carbocycles. The summed E-state index contributed by atoms with van der Waals surface area (Å²) in [6, 6.07) is 4.81. The molecule has 0 unspecified atom stereocenters. The number of nitrogens with two attached hydrogens (primary N) is 2. The first kappa shape index (κ1) is 15.6. The van der Waals surface area contributed by atoms with E-state index in [-0.39, 0.29) is 17.7 Å². The monoisotopic (exact) mass is 319 g/mol. The summed E-state index contributed by atoms with van der Waals surface area (Å²) in [4.78, 5) is 10.4. The highest BCUT2D eigenvalue weighted by Gasteiger charge is 2.42. The summed E-state index contributed by atoms with van der Waals surface area (Å²) < 4.78 is 19.5. The molecule has 6 nitrogen and oxygen atoms in total. The van der Waals surface area contributed by atoms with Crippen molar-refractivity contribution in [2.75, 3.05) is 11.5 Å². The van der Waals surface area contributed by atoms with Gasteiger partial charge in [0.05, 0.1) is 6.61 Å². The van der Waals surface area contributed by atoms with Crippen LogP contribution in [0.2, 0.25) is 0 Å². The number of nitrogens with zero attached hydrogens (tertiary/aromatic N) is 3. The third kappa shape index (κ3) is 2.83. The van der Waals surface area contributed by atoms with Crippen LogP contribution in [0, 0.1) is 5.82 Å². The Morgan fingerprint density at radius 2 is 2.00 bits per heavy atom. The molecular formula is C16H22FN5O. The molecule has 1 aromatic rings. The average Bonchev–Trinajstić information content (AvgIpc) is 2.50. The highest BCUT2D eigenvalue weighted by Crippen LogP contribution is 2.40. The smallest absolute Gasteiger partial charge is 0.220 e. The van der Waals surface area contributed by atoms with Crippen molar-refractivity contribution in [1.82, 2.24) is 0 Å². The highest BCUT2D eigenvalue weighted by atomic mass is 19.1. The van der Waals surface area contributed by atoms with Crippen LogP contribution in [0.4, 0.5) is 10.1 Å². The van der Waals surface area contributed by atoms with Crippen LogP contribution >= 0.6 is 0 Å². The van der Waals surface area contributed by atoms with Crippen molar-refractivity contribution >= 4 is 17.6 Å². The molecule has 1 saturated carbocycles. The van der Waals surface area contributed by atoms with Gasteiger partial charge >= 0.3 is 0 Å². The van der Waals surface area contributed by atoms with E-state index in [1.54, 1.807) is 17.0 Å². The van der Waals surface area contributed by atoms with Gasteiger partial charge in [0.2, 0.25) is 11.9 Å². The zero-order valence-corrected chi connectivity index (χ0v) is 13.3. The Bertz CT molecular complexity index is 652. The Balaban J connectivity index is 2.01. The van der Waals surface area contributed by atoms with Crippen molar-refractivity contribution in [2.24, 2.45) is 21.5 Å². The van der Waals surface area contributed by atoms with E-state index in [1.165, 1.54) is 6.07 Å². The predicted octanol–water partition coefficient (Wildman–Crippen LogP) is 2.33. The van der Waals surface area contributed by atoms with Crippen molar-refractivity contribution in [3.05, 3.63) is 24.0 Å². The van der Waals surface area contributed by atoms with Gasteiger partial charge in [-0.3, -0.25) is 4.90 Å². The minimum absolute atomic E-state index is 0.187. The Morgan fingerprint density at radius 1 is 1.26 bits per heavy atom. The topological polar surface area (TPSA) is 89.2 Å². The van der Waals surface area contributed by atoms with Crippen molar-refractivity contribution in [1.29, 1.82) is 0 Å². The van der Waals surface area contributed by atoms with Crippen molar-refractivity contribution in [3.63, 3.8) is 0 Å². The molecule has 7 heteroatoms.